The van der Waals surface area contributed by atoms with E-state index < -0.39 is 0 Å². The Labute approximate surface area is 154 Å². The predicted octanol–water partition coefficient (Wildman–Crippen LogP) is 4.25. The lowest BCUT2D eigenvalue weighted by Gasteiger charge is -2.15. The fourth-order valence-corrected chi connectivity index (χ4v) is 2.97. The first-order valence-electron chi connectivity index (χ1n) is 8.88. The topological polar surface area (TPSA) is 62.7 Å². The molecule has 0 radical (unpaired) electrons. The van der Waals surface area contributed by atoms with Gasteiger partial charge in [0.2, 0.25) is 5.91 Å². The molecule has 2 N–H and O–H groups in total. The monoisotopic (exact) mass is 360 g/mol. The smallest absolute Gasteiger partial charge is 0.222 e. The largest absolute Gasteiger partial charge is 0.354 e. The molecule has 1 unspecified atom stereocenters. The van der Waals surface area contributed by atoms with E-state index >= 15 is 0 Å². The van der Waals surface area contributed by atoms with Crippen molar-refractivity contribution in [3.05, 3.63) is 34.6 Å². The lowest BCUT2D eigenvalue weighted by molar-refractivity contribution is -0.121. The van der Waals surface area contributed by atoms with Gasteiger partial charge in [-0.2, -0.15) is 5.10 Å². The Kier molecular flexibility index (Phi) is 6.93. The highest BCUT2D eigenvalue weighted by Crippen LogP contribution is 2.18. The molecule has 6 heteroatoms. The van der Waals surface area contributed by atoms with Gasteiger partial charge in [0.1, 0.15) is 0 Å². The Hall–Kier alpha value is -1.95. The molecule has 2 aromatic rings. The molecule has 5 nitrogen and oxygen atoms in total. The number of carbonyl (C=O) groups excluding carboxylic acids is 1. The molecule has 0 fully saturated rings. The number of nitrogens with one attached hydrogen (secondary N) is 2. The lowest BCUT2D eigenvalue weighted by atomic mass is 10.0. The summed E-state index contributed by atoms with van der Waals surface area (Å²) in [6.45, 7) is 9.01. The van der Waals surface area contributed by atoms with Gasteiger partial charge in [-0.25, -0.2) is 0 Å². The quantitative estimate of drug-likeness (QED) is 0.692. The SMILES string of the molecule is Cc1cccc(-c2n[nH]c(=S)n2CCC(=O)NC(C)CCC(C)C)c1. The second-order valence-electron chi connectivity index (χ2n) is 7.06. The second-order valence-corrected chi connectivity index (χ2v) is 7.45. The van der Waals surface area contributed by atoms with Crippen LogP contribution in [-0.4, -0.2) is 26.7 Å². The number of hydrogen-bond acceptors (Lipinski definition) is 3. The molecule has 1 amide bonds. The number of amides is 1. The van der Waals surface area contributed by atoms with Gasteiger partial charge in [-0.1, -0.05) is 37.6 Å². The third-order valence-electron chi connectivity index (χ3n) is 4.18. The Morgan fingerprint density at radius 1 is 1.32 bits per heavy atom. The lowest BCUT2D eigenvalue weighted by Crippen LogP contribution is -2.33. The molecule has 0 saturated heterocycles. The number of aryl methyl sites for hydroxylation is 1. The summed E-state index contributed by atoms with van der Waals surface area (Å²) in [7, 11) is 0. The van der Waals surface area contributed by atoms with Gasteiger partial charge in [0.15, 0.2) is 10.6 Å². The molecule has 0 aliphatic heterocycles. The zero-order chi connectivity index (χ0) is 18.4. The molecule has 1 aromatic heterocycles. The number of hydrogen-bond donors (Lipinski definition) is 2. The highest BCUT2D eigenvalue weighted by atomic mass is 32.1. The van der Waals surface area contributed by atoms with Crippen molar-refractivity contribution in [1.29, 1.82) is 0 Å². The first kappa shape index (κ1) is 19.4. The van der Waals surface area contributed by atoms with E-state index in [1.54, 1.807) is 0 Å². The average Bonchev–Trinajstić information content (AvgIpc) is 2.92. The van der Waals surface area contributed by atoms with Crippen molar-refractivity contribution in [3.8, 4) is 11.4 Å². The minimum atomic E-state index is 0.0505. The van der Waals surface area contributed by atoms with Crippen LogP contribution >= 0.6 is 12.2 Å². The standard InChI is InChI=1S/C19H28N4OS/c1-13(2)8-9-15(4)20-17(24)10-11-23-18(21-22-19(23)25)16-7-5-6-14(3)12-16/h5-7,12-13,15H,8-11H2,1-4H3,(H,20,24)(H,22,25). The van der Waals surface area contributed by atoms with Crippen LogP contribution in [0.5, 0.6) is 0 Å². The van der Waals surface area contributed by atoms with E-state index in [4.69, 9.17) is 12.2 Å². The summed E-state index contributed by atoms with van der Waals surface area (Å²) in [6, 6.07) is 8.30. The summed E-state index contributed by atoms with van der Waals surface area (Å²) in [5, 5.41) is 10.2. The van der Waals surface area contributed by atoms with Crippen LogP contribution in [0.4, 0.5) is 0 Å². The third-order valence-corrected chi connectivity index (χ3v) is 4.49. The maximum Gasteiger partial charge on any atom is 0.222 e. The Bertz CT molecular complexity index is 763. The molecule has 2 rings (SSSR count). The van der Waals surface area contributed by atoms with Crippen LogP contribution in [0.3, 0.4) is 0 Å². The van der Waals surface area contributed by atoms with Crippen molar-refractivity contribution in [1.82, 2.24) is 20.1 Å². The van der Waals surface area contributed by atoms with E-state index in [1.165, 1.54) is 0 Å². The third kappa shape index (κ3) is 5.81. The van der Waals surface area contributed by atoms with Gasteiger partial charge in [-0.3, -0.25) is 14.5 Å². The van der Waals surface area contributed by atoms with E-state index in [2.05, 4.69) is 42.4 Å². The molecule has 1 heterocycles. The normalized spacial score (nSPS) is 12.4. The minimum absolute atomic E-state index is 0.0505. The summed E-state index contributed by atoms with van der Waals surface area (Å²) in [6.07, 6.45) is 2.51. The summed E-state index contributed by atoms with van der Waals surface area (Å²) in [4.78, 5) is 12.2. The van der Waals surface area contributed by atoms with Gasteiger partial charge in [-0.05, 0) is 50.9 Å². The maximum atomic E-state index is 12.2. The molecular weight excluding hydrogens is 332 g/mol. The number of H-pyrrole nitrogens is 1. The minimum Gasteiger partial charge on any atom is -0.354 e. The maximum absolute atomic E-state index is 12.2. The van der Waals surface area contributed by atoms with E-state index in [1.807, 2.05) is 29.7 Å². The molecule has 136 valence electrons. The van der Waals surface area contributed by atoms with Crippen LogP contribution < -0.4 is 5.32 Å². The van der Waals surface area contributed by atoms with E-state index in [9.17, 15) is 4.79 Å². The first-order valence-corrected chi connectivity index (χ1v) is 9.29. The molecule has 0 aliphatic carbocycles. The fourth-order valence-electron chi connectivity index (χ4n) is 2.75. The molecule has 1 atom stereocenters. The van der Waals surface area contributed by atoms with Crippen molar-refractivity contribution in [3.63, 3.8) is 0 Å². The summed E-state index contributed by atoms with van der Waals surface area (Å²) >= 11 is 5.33. The highest BCUT2D eigenvalue weighted by molar-refractivity contribution is 7.71. The van der Waals surface area contributed by atoms with Crippen molar-refractivity contribution >= 4 is 18.1 Å². The molecule has 25 heavy (non-hydrogen) atoms. The highest BCUT2D eigenvalue weighted by Gasteiger charge is 2.12. The van der Waals surface area contributed by atoms with Crippen LogP contribution in [0.1, 0.15) is 45.6 Å². The molecular formula is C19H28N4OS. The summed E-state index contributed by atoms with van der Waals surface area (Å²) in [5.74, 6) is 1.48. The number of benzene rings is 1. The van der Waals surface area contributed by atoms with Crippen LogP contribution in [0.15, 0.2) is 24.3 Å². The Balaban J connectivity index is 1.98. The second kappa shape index (κ2) is 8.94. The number of aromatic nitrogens is 3. The van der Waals surface area contributed by atoms with Gasteiger partial charge in [0.05, 0.1) is 0 Å². The Morgan fingerprint density at radius 2 is 2.08 bits per heavy atom. The molecule has 1 aromatic carbocycles. The average molecular weight is 361 g/mol. The summed E-state index contributed by atoms with van der Waals surface area (Å²) < 4.78 is 2.43. The molecule has 0 aliphatic rings. The Morgan fingerprint density at radius 3 is 2.76 bits per heavy atom. The van der Waals surface area contributed by atoms with Crippen LogP contribution in [-0.2, 0) is 11.3 Å². The number of aromatic amines is 1. The van der Waals surface area contributed by atoms with Crippen LogP contribution in [0, 0.1) is 17.6 Å². The molecule has 0 spiro atoms. The number of carbonyl (C=O) groups is 1. The zero-order valence-corrected chi connectivity index (χ0v) is 16.3. The van der Waals surface area contributed by atoms with Gasteiger partial charge in [0.25, 0.3) is 0 Å². The van der Waals surface area contributed by atoms with E-state index in [0.717, 1.165) is 29.8 Å². The van der Waals surface area contributed by atoms with Crippen molar-refractivity contribution < 1.29 is 4.79 Å². The number of nitrogens with zero attached hydrogens (tertiary/aromatic N) is 2. The van der Waals surface area contributed by atoms with E-state index in [0.29, 0.717) is 23.7 Å². The van der Waals surface area contributed by atoms with Crippen molar-refractivity contribution in [2.75, 3.05) is 0 Å². The van der Waals surface area contributed by atoms with Crippen molar-refractivity contribution in [2.24, 2.45) is 5.92 Å². The fraction of sp³-hybridized carbons (Fsp3) is 0.526. The predicted molar refractivity (Wildman–Crippen MR) is 104 cm³/mol. The van der Waals surface area contributed by atoms with Gasteiger partial charge < -0.3 is 5.32 Å². The van der Waals surface area contributed by atoms with Gasteiger partial charge in [-0.15, -0.1) is 0 Å². The summed E-state index contributed by atoms with van der Waals surface area (Å²) in [5.41, 5.74) is 2.16. The molecule has 0 bridgehead atoms. The van der Waals surface area contributed by atoms with Crippen LogP contribution in [0.2, 0.25) is 0 Å². The van der Waals surface area contributed by atoms with Gasteiger partial charge >= 0.3 is 0 Å². The first-order chi connectivity index (χ1) is 11.9. The molecule has 0 saturated carbocycles. The van der Waals surface area contributed by atoms with Gasteiger partial charge in [0, 0.05) is 24.6 Å². The van der Waals surface area contributed by atoms with Crippen LogP contribution in [0.25, 0.3) is 11.4 Å². The van der Waals surface area contributed by atoms with Crippen molar-refractivity contribution in [2.45, 2.75) is 59.5 Å². The number of rotatable bonds is 8. The van der Waals surface area contributed by atoms with E-state index in [-0.39, 0.29) is 11.9 Å². The zero-order valence-electron chi connectivity index (χ0n) is 15.5.